The average molecular weight is 271 g/mol. The highest BCUT2D eigenvalue weighted by Gasteiger charge is 2.18. The van der Waals surface area contributed by atoms with Crippen LogP contribution in [0.5, 0.6) is 0 Å². The summed E-state index contributed by atoms with van der Waals surface area (Å²) in [5.41, 5.74) is 3.32. The van der Waals surface area contributed by atoms with Crippen molar-refractivity contribution in [3.63, 3.8) is 0 Å². The van der Waals surface area contributed by atoms with Gasteiger partial charge in [-0.25, -0.2) is 4.98 Å². The number of nitrogens with zero attached hydrogens (tertiary/aromatic N) is 3. The van der Waals surface area contributed by atoms with Crippen LogP contribution in [0.3, 0.4) is 0 Å². The van der Waals surface area contributed by atoms with Gasteiger partial charge in [-0.3, -0.25) is 4.79 Å². The zero-order valence-electron chi connectivity index (χ0n) is 12.2. The van der Waals surface area contributed by atoms with Crippen LogP contribution in [0.2, 0.25) is 0 Å². The highest BCUT2D eigenvalue weighted by molar-refractivity contribution is 5.97. The zero-order chi connectivity index (χ0) is 14.1. The van der Waals surface area contributed by atoms with Crippen molar-refractivity contribution in [2.24, 2.45) is 0 Å². The molecule has 0 radical (unpaired) electrons. The van der Waals surface area contributed by atoms with E-state index in [1.807, 2.05) is 18.7 Å². The number of hydrogen-bond acceptors (Lipinski definition) is 2. The molecule has 0 amide bonds. The molecular weight excluding hydrogens is 250 g/mol. The predicted molar refractivity (Wildman–Crippen MR) is 78.0 cm³/mol. The fraction of sp³-hybridized carbons (Fsp3) is 0.500. The van der Waals surface area contributed by atoms with Crippen LogP contribution in [0, 0.1) is 0 Å². The first-order chi connectivity index (χ1) is 9.65. The molecule has 3 rings (SSSR count). The molecule has 2 heterocycles. The highest BCUT2D eigenvalue weighted by Crippen LogP contribution is 2.22. The lowest BCUT2D eigenvalue weighted by Crippen LogP contribution is -2.08. The van der Waals surface area contributed by atoms with Gasteiger partial charge in [0.2, 0.25) is 0 Å². The third-order valence-electron chi connectivity index (χ3n) is 4.01. The van der Waals surface area contributed by atoms with E-state index in [-0.39, 0.29) is 0 Å². The average Bonchev–Trinajstić information content (AvgIpc) is 2.98. The van der Waals surface area contributed by atoms with Crippen LogP contribution < -0.4 is 0 Å². The van der Waals surface area contributed by atoms with Crippen molar-refractivity contribution >= 4 is 5.78 Å². The predicted octanol–water partition coefficient (Wildman–Crippen LogP) is 3.22. The maximum absolute atomic E-state index is 12.1. The normalized spacial score (nSPS) is 15.4. The molecule has 20 heavy (non-hydrogen) atoms. The maximum Gasteiger partial charge on any atom is 0.164 e. The number of carbonyl (C=O) groups excluding carboxylic acids is 1. The zero-order valence-corrected chi connectivity index (χ0v) is 12.2. The van der Waals surface area contributed by atoms with Gasteiger partial charge in [0, 0.05) is 36.6 Å². The molecule has 2 aromatic rings. The van der Waals surface area contributed by atoms with Gasteiger partial charge in [0.1, 0.15) is 0 Å². The van der Waals surface area contributed by atoms with Gasteiger partial charge < -0.3 is 9.13 Å². The van der Waals surface area contributed by atoms with E-state index in [1.54, 1.807) is 0 Å². The molecule has 4 nitrogen and oxygen atoms in total. The lowest BCUT2D eigenvalue weighted by atomic mass is 10.1. The Hall–Kier alpha value is -1.84. The standard InChI is InChI=1S/C16H21N3O/c1-12(2)19-11-17-7-14(19)9-18-8-13-5-3-4-6-16(20)15(13)10-18/h7-8,10-12H,3-6,9H2,1-2H3. The third kappa shape index (κ3) is 2.42. The van der Waals surface area contributed by atoms with Crippen LogP contribution in [0.15, 0.2) is 24.9 Å². The van der Waals surface area contributed by atoms with Crippen molar-refractivity contribution in [1.29, 1.82) is 0 Å². The lowest BCUT2D eigenvalue weighted by molar-refractivity contribution is 0.0982. The van der Waals surface area contributed by atoms with E-state index >= 15 is 0 Å². The number of Topliss-reactive ketones (excluding diaryl/α,β-unsaturated/α-hetero) is 1. The minimum absolute atomic E-state index is 0.300. The maximum atomic E-state index is 12.1. The van der Waals surface area contributed by atoms with Crippen LogP contribution in [0.25, 0.3) is 0 Å². The summed E-state index contributed by atoms with van der Waals surface area (Å²) >= 11 is 0. The Kier molecular flexibility index (Phi) is 3.47. The molecule has 0 atom stereocenters. The van der Waals surface area contributed by atoms with Gasteiger partial charge in [-0.2, -0.15) is 0 Å². The Labute approximate surface area is 119 Å². The number of imidazole rings is 1. The number of aryl methyl sites for hydroxylation is 1. The minimum atomic E-state index is 0.300. The molecule has 1 aliphatic carbocycles. The van der Waals surface area contributed by atoms with Gasteiger partial charge in [0.15, 0.2) is 5.78 Å². The highest BCUT2D eigenvalue weighted by atomic mass is 16.1. The van der Waals surface area contributed by atoms with Crippen LogP contribution in [-0.2, 0) is 13.0 Å². The molecule has 0 fully saturated rings. The summed E-state index contributed by atoms with van der Waals surface area (Å²) in [5, 5.41) is 0. The molecule has 0 saturated heterocycles. The Morgan fingerprint density at radius 1 is 1.25 bits per heavy atom. The first kappa shape index (κ1) is 13.2. The number of fused-ring (bicyclic) bond motifs is 1. The molecule has 0 aliphatic heterocycles. The van der Waals surface area contributed by atoms with Gasteiger partial charge in [-0.05, 0) is 38.7 Å². The van der Waals surface area contributed by atoms with Gasteiger partial charge in [0.25, 0.3) is 0 Å². The van der Waals surface area contributed by atoms with E-state index in [2.05, 4.69) is 34.2 Å². The lowest BCUT2D eigenvalue weighted by Gasteiger charge is -2.12. The Balaban J connectivity index is 1.87. The summed E-state index contributed by atoms with van der Waals surface area (Å²) < 4.78 is 4.30. The van der Waals surface area contributed by atoms with E-state index < -0.39 is 0 Å². The largest absolute Gasteiger partial charge is 0.347 e. The second kappa shape index (κ2) is 5.27. The summed E-state index contributed by atoms with van der Waals surface area (Å²) in [5.74, 6) is 0.300. The van der Waals surface area contributed by atoms with E-state index in [0.29, 0.717) is 18.2 Å². The number of rotatable bonds is 3. The smallest absolute Gasteiger partial charge is 0.164 e. The number of aromatic nitrogens is 3. The molecule has 0 N–H and O–H groups in total. The van der Waals surface area contributed by atoms with Crippen LogP contribution in [0.4, 0.5) is 0 Å². The van der Waals surface area contributed by atoms with Crippen molar-refractivity contribution in [1.82, 2.24) is 14.1 Å². The summed E-state index contributed by atoms with van der Waals surface area (Å²) in [6.45, 7) is 5.08. The van der Waals surface area contributed by atoms with Crippen molar-refractivity contribution in [3.8, 4) is 0 Å². The van der Waals surface area contributed by atoms with Gasteiger partial charge in [-0.1, -0.05) is 0 Å². The fourth-order valence-corrected chi connectivity index (χ4v) is 2.94. The van der Waals surface area contributed by atoms with Crippen LogP contribution >= 0.6 is 0 Å². The van der Waals surface area contributed by atoms with Crippen molar-refractivity contribution < 1.29 is 4.79 Å². The molecule has 0 saturated carbocycles. The summed E-state index contributed by atoms with van der Waals surface area (Å²) in [7, 11) is 0. The second-order valence-corrected chi connectivity index (χ2v) is 5.89. The molecule has 0 spiro atoms. The molecular formula is C16H21N3O. The summed E-state index contributed by atoms with van der Waals surface area (Å²) in [4.78, 5) is 16.3. The van der Waals surface area contributed by atoms with Gasteiger partial charge in [-0.15, -0.1) is 0 Å². The molecule has 106 valence electrons. The summed E-state index contributed by atoms with van der Waals surface area (Å²) in [6.07, 6.45) is 11.8. The van der Waals surface area contributed by atoms with Crippen molar-refractivity contribution in [2.45, 2.75) is 52.1 Å². The van der Waals surface area contributed by atoms with Gasteiger partial charge >= 0.3 is 0 Å². The molecule has 0 aromatic carbocycles. The molecule has 0 unspecified atom stereocenters. The monoisotopic (exact) mass is 271 g/mol. The van der Waals surface area contributed by atoms with E-state index in [9.17, 15) is 4.79 Å². The number of hydrogen-bond donors (Lipinski definition) is 0. The molecule has 0 bridgehead atoms. The number of ketones is 1. The SMILES string of the molecule is CC(C)n1cncc1Cn1cc2c(c1)C(=O)CCCC2. The quantitative estimate of drug-likeness (QED) is 0.804. The molecule has 1 aliphatic rings. The van der Waals surface area contributed by atoms with Crippen LogP contribution in [-0.4, -0.2) is 19.9 Å². The van der Waals surface area contributed by atoms with E-state index in [4.69, 9.17) is 0 Å². The van der Waals surface area contributed by atoms with Gasteiger partial charge in [0.05, 0.1) is 18.6 Å². The Morgan fingerprint density at radius 2 is 2.05 bits per heavy atom. The molecule has 2 aromatic heterocycles. The van der Waals surface area contributed by atoms with E-state index in [0.717, 1.165) is 31.4 Å². The minimum Gasteiger partial charge on any atom is -0.347 e. The Morgan fingerprint density at radius 3 is 2.85 bits per heavy atom. The van der Waals surface area contributed by atoms with Crippen LogP contribution in [0.1, 0.15) is 60.8 Å². The summed E-state index contributed by atoms with van der Waals surface area (Å²) in [6, 6.07) is 0.405. The second-order valence-electron chi connectivity index (χ2n) is 5.89. The Bertz CT molecular complexity index is 621. The topological polar surface area (TPSA) is 39.8 Å². The number of carbonyl (C=O) groups is 1. The first-order valence-corrected chi connectivity index (χ1v) is 7.37. The third-order valence-corrected chi connectivity index (χ3v) is 4.01. The van der Waals surface area contributed by atoms with Crippen molar-refractivity contribution in [2.75, 3.05) is 0 Å². The van der Waals surface area contributed by atoms with E-state index in [1.165, 1.54) is 11.3 Å². The fourth-order valence-electron chi connectivity index (χ4n) is 2.94. The van der Waals surface area contributed by atoms with Crippen molar-refractivity contribution in [3.05, 3.63) is 41.7 Å². The molecule has 4 heteroatoms. The first-order valence-electron chi connectivity index (χ1n) is 7.37.